The van der Waals surface area contributed by atoms with Crippen LogP contribution >= 0.6 is 0 Å². The summed E-state index contributed by atoms with van der Waals surface area (Å²) in [5.41, 5.74) is 0. The van der Waals surface area contributed by atoms with Gasteiger partial charge >= 0.3 is 27.2 Å². The van der Waals surface area contributed by atoms with E-state index in [-0.39, 0.29) is 33.0 Å². The molecule has 4 heteroatoms. The van der Waals surface area contributed by atoms with Gasteiger partial charge in [-0.05, 0) is 25.0 Å². The Bertz CT molecular complexity index is 460. The molecule has 0 atom stereocenters. The summed E-state index contributed by atoms with van der Waals surface area (Å²) in [5, 5.41) is 0. The van der Waals surface area contributed by atoms with Gasteiger partial charge in [-0.1, -0.05) is 50.3 Å². The molecule has 128 valence electrons. The van der Waals surface area contributed by atoms with E-state index in [4.69, 9.17) is 4.74 Å². The average molecular weight is 433 g/mol. The molecule has 23 heavy (non-hydrogen) atoms. The Morgan fingerprint density at radius 2 is 1.65 bits per heavy atom. The molecule has 2 nitrogen and oxygen atoms in total. The van der Waals surface area contributed by atoms with E-state index < -0.39 is 0 Å². The SMILES string of the molecule is CC(=O)OCCCCCCCCC/C(F)=C/[I+]c1ccccc1. The lowest BCUT2D eigenvalue weighted by Gasteiger charge is -2.02. The first-order valence-electron chi connectivity index (χ1n) is 8.35. The Morgan fingerprint density at radius 1 is 1.04 bits per heavy atom. The number of hydrogen-bond donors (Lipinski definition) is 0. The first-order valence-corrected chi connectivity index (χ1v) is 10.7. The monoisotopic (exact) mass is 433 g/mol. The molecule has 0 spiro atoms. The lowest BCUT2D eigenvalue weighted by Crippen LogP contribution is -3.59. The average Bonchev–Trinajstić information content (AvgIpc) is 2.55. The largest absolute Gasteiger partial charge is 0.466 e. The van der Waals surface area contributed by atoms with Gasteiger partial charge < -0.3 is 4.74 Å². The summed E-state index contributed by atoms with van der Waals surface area (Å²) in [6.45, 7) is 1.98. The number of unbranched alkanes of at least 4 members (excludes halogenated alkanes) is 6. The first-order chi connectivity index (χ1) is 11.2. The normalized spacial score (nSPS) is 11.5. The summed E-state index contributed by atoms with van der Waals surface area (Å²) in [4.78, 5) is 10.6. The topological polar surface area (TPSA) is 26.3 Å². The molecule has 0 aromatic heterocycles. The van der Waals surface area contributed by atoms with E-state index in [0.717, 1.165) is 32.1 Å². The number of halogens is 2. The number of ether oxygens (including phenoxy) is 1. The van der Waals surface area contributed by atoms with Crippen LogP contribution in [-0.4, -0.2) is 12.6 Å². The predicted molar refractivity (Wildman–Crippen MR) is 87.9 cm³/mol. The third-order valence-electron chi connectivity index (χ3n) is 3.40. The highest BCUT2D eigenvalue weighted by atomic mass is 127. The Hall–Kier alpha value is -0.910. The molecule has 0 amide bonds. The second-order valence-corrected chi connectivity index (χ2v) is 8.02. The van der Waals surface area contributed by atoms with Crippen LogP contribution in [0.3, 0.4) is 0 Å². The molecule has 0 aliphatic heterocycles. The lowest BCUT2D eigenvalue weighted by atomic mass is 10.1. The van der Waals surface area contributed by atoms with Crippen molar-refractivity contribution in [2.45, 2.75) is 58.3 Å². The highest BCUT2D eigenvalue weighted by Gasteiger charge is 2.09. The Labute approximate surface area is 149 Å². The van der Waals surface area contributed by atoms with Crippen LogP contribution in [-0.2, 0) is 9.53 Å². The van der Waals surface area contributed by atoms with Crippen molar-refractivity contribution in [3.63, 3.8) is 0 Å². The number of rotatable bonds is 12. The van der Waals surface area contributed by atoms with Crippen molar-refractivity contribution in [2.24, 2.45) is 0 Å². The third-order valence-corrected chi connectivity index (χ3v) is 5.82. The van der Waals surface area contributed by atoms with Crippen LogP contribution in [0, 0.1) is 3.57 Å². The van der Waals surface area contributed by atoms with Crippen LogP contribution in [0.1, 0.15) is 58.3 Å². The second-order valence-electron chi connectivity index (χ2n) is 5.53. The lowest BCUT2D eigenvalue weighted by molar-refractivity contribution is -0.558. The van der Waals surface area contributed by atoms with Crippen LogP contribution in [0.25, 0.3) is 0 Å². The zero-order chi connectivity index (χ0) is 16.8. The van der Waals surface area contributed by atoms with Crippen molar-refractivity contribution in [1.82, 2.24) is 0 Å². The highest BCUT2D eigenvalue weighted by molar-refractivity contribution is 5.65. The number of esters is 1. The first kappa shape index (κ1) is 20.1. The molecule has 0 fully saturated rings. The molecule has 0 radical (unpaired) electrons. The summed E-state index contributed by atoms with van der Waals surface area (Å²) < 4.78 is 21.7. The second kappa shape index (κ2) is 13.5. The van der Waals surface area contributed by atoms with Crippen molar-refractivity contribution in [2.75, 3.05) is 6.61 Å². The molecule has 0 bridgehead atoms. The number of benzene rings is 1. The van der Waals surface area contributed by atoms with Gasteiger partial charge in [0, 0.05) is 13.3 Å². The van der Waals surface area contributed by atoms with E-state index in [1.54, 1.807) is 0 Å². The fraction of sp³-hybridized carbons (Fsp3) is 0.526. The molecular formula is C19H27FIO2+. The summed E-state index contributed by atoms with van der Waals surface area (Å²) in [6.07, 6.45) is 8.17. The summed E-state index contributed by atoms with van der Waals surface area (Å²) >= 11 is -0.330. The molecular weight excluding hydrogens is 406 g/mol. The molecule has 0 saturated carbocycles. The maximum Gasteiger partial charge on any atom is 0.352 e. The molecule has 1 rings (SSSR count). The highest BCUT2D eigenvalue weighted by Crippen LogP contribution is 2.12. The number of hydrogen-bond acceptors (Lipinski definition) is 2. The van der Waals surface area contributed by atoms with Gasteiger partial charge in [0.2, 0.25) is 0 Å². The smallest absolute Gasteiger partial charge is 0.352 e. The number of allylic oxidation sites excluding steroid dienone is 1. The Kier molecular flexibility index (Phi) is 11.8. The van der Waals surface area contributed by atoms with Crippen LogP contribution in [0.4, 0.5) is 4.39 Å². The van der Waals surface area contributed by atoms with Crippen LogP contribution in [0.15, 0.2) is 40.2 Å². The third kappa shape index (κ3) is 12.2. The quantitative estimate of drug-likeness (QED) is 0.288. The fourth-order valence-corrected chi connectivity index (χ4v) is 4.00. The molecule has 1 aromatic rings. The van der Waals surface area contributed by atoms with Gasteiger partial charge in [-0.25, -0.2) is 4.39 Å². The van der Waals surface area contributed by atoms with E-state index in [2.05, 4.69) is 12.1 Å². The van der Waals surface area contributed by atoms with E-state index in [1.807, 2.05) is 22.3 Å². The molecule has 0 heterocycles. The maximum absolute atomic E-state index is 13.7. The van der Waals surface area contributed by atoms with Crippen LogP contribution in [0.5, 0.6) is 0 Å². The van der Waals surface area contributed by atoms with Gasteiger partial charge in [0.15, 0.2) is 7.65 Å². The van der Waals surface area contributed by atoms with Gasteiger partial charge in [0.05, 0.1) is 6.61 Å². The molecule has 0 N–H and O–H groups in total. The summed E-state index contributed by atoms with van der Waals surface area (Å²) in [7, 11) is 0. The van der Waals surface area contributed by atoms with E-state index in [0.29, 0.717) is 13.0 Å². The van der Waals surface area contributed by atoms with Crippen LogP contribution < -0.4 is 21.2 Å². The number of carbonyl (C=O) groups is 1. The zero-order valence-corrected chi connectivity index (χ0v) is 16.1. The van der Waals surface area contributed by atoms with E-state index >= 15 is 0 Å². The van der Waals surface area contributed by atoms with Crippen LogP contribution in [0.2, 0.25) is 0 Å². The van der Waals surface area contributed by atoms with Crippen molar-refractivity contribution in [3.8, 4) is 0 Å². The summed E-state index contributed by atoms with van der Waals surface area (Å²) in [6, 6.07) is 10.1. The fourth-order valence-electron chi connectivity index (χ4n) is 2.16. The van der Waals surface area contributed by atoms with Gasteiger partial charge in [-0.15, -0.1) is 0 Å². The summed E-state index contributed by atoms with van der Waals surface area (Å²) in [5.74, 6) is -0.141. The minimum atomic E-state index is -0.330. The molecule has 0 saturated heterocycles. The van der Waals surface area contributed by atoms with Gasteiger partial charge in [-0.2, -0.15) is 0 Å². The van der Waals surface area contributed by atoms with Gasteiger partial charge in [0.25, 0.3) is 0 Å². The molecule has 0 aliphatic carbocycles. The van der Waals surface area contributed by atoms with Crippen molar-refractivity contribution < 1.29 is 35.1 Å². The minimum Gasteiger partial charge on any atom is -0.466 e. The minimum absolute atomic E-state index is 0.0584. The molecule has 1 aromatic carbocycles. The zero-order valence-electron chi connectivity index (χ0n) is 13.9. The van der Waals surface area contributed by atoms with Crippen molar-refractivity contribution >= 4 is 5.97 Å². The number of carbonyl (C=O) groups excluding carboxylic acids is 1. The molecule has 0 aliphatic rings. The maximum atomic E-state index is 13.7. The molecule has 0 unspecified atom stereocenters. The Morgan fingerprint density at radius 3 is 2.30 bits per heavy atom. The van der Waals surface area contributed by atoms with E-state index in [9.17, 15) is 9.18 Å². The van der Waals surface area contributed by atoms with E-state index in [1.165, 1.54) is 23.3 Å². The predicted octanol–water partition coefficient (Wildman–Crippen LogP) is 2.44. The van der Waals surface area contributed by atoms with Gasteiger partial charge in [0.1, 0.15) is 5.83 Å². The van der Waals surface area contributed by atoms with Gasteiger partial charge in [-0.3, -0.25) is 4.79 Å². The van der Waals surface area contributed by atoms with Crippen molar-refractivity contribution in [1.29, 1.82) is 0 Å². The standard InChI is InChI=1S/C19H27FIO2/c1-17(22)23-15-11-6-4-2-3-5-8-12-18(20)16-21-19-13-9-7-10-14-19/h7,9-10,13-14,16H,2-6,8,11-12,15H2,1H3/q+1/b18-16-. The van der Waals surface area contributed by atoms with Crippen molar-refractivity contribution in [3.05, 3.63) is 43.8 Å². The Balaban J connectivity index is 1.93.